The molecule has 1 atom stereocenters. The van der Waals surface area contributed by atoms with E-state index in [1.54, 1.807) is 18.2 Å². The fourth-order valence-corrected chi connectivity index (χ4v) is 3.57. The molecule has 0 bridgehead atoms. The maximum atomic E-state index is 12.4. The van der Waals surface area contributed by atoms with Crippen molar-refractivity contribution in [3.63, 3.8) is 0 Å². The number of hydrogen-bond donors (Lipinski definition) is 3. The molecule has 1 unspecified atom stereocenters. The van der Waals surface area contributed by atoms with E-state index in [1.807, 2.05) is 0 Å². The molecule has 5 N–H and O–H groups in total. The van der Waals surface area contributed by atoms with Crippen LogP contribution in [0.2, 0.25) is 0 Å². The van der Waals surface area contributed by atoms with Crippen molar-refractivity contribution in [3.05, 3.63) is 42.1 Å². The Hall–Kier alpha value is -1.94. The second-order valence-electron chi connectivity index (χ2n) is 5.52. The molecule has 9 heteroatoms. The number of hydrogen-bond acceptors (Lipinski definition) is 8. The van der Waals surface area contributed by atoms with Crippen LogP contribution < -0.4 is 16.8 Å². The molecule has 23 heavy (non-hydrogen) atoms. The number of rotatable bonds is 4. The van der Waals surface area contributed by atoms with Crippen LogP contribution in [0.4, 0.5) is 0 Å². The number of hydroxylamine groups is 2. The van der Waals surface area contributed by atoms with E-state index in [0.29, 0.717) is 18.7 Å². The van der Waals surface area contributed by atoms with Crippen LogP contribution >= 0.6 is 0 Å². The Balaban J connectivity index is 1.88. The van der Waals surface area contributed by atoms with Crippen molar-refractivity contribution in [2.75, 3.05) is 13.1 Å². The molecule has 1 fully saturated rings. The highest BCUT2D eigenvalue weighted by Crippen LogP contribution is 2.24. The van der Waals surface area contributed by atoms with Gasteiger partial charge in [0.25, 0.3) is 0 Å². The molecule has 2 aliphatic rings. The third-order valence-corrected chi connectivity index (χ3v) is 4.99. The lowest BCUT2D eigenvalue weighted by molar-refractivity contribution is -0.0270. The normalized spacial score (nSPS) is 25.2. The van der Waals surface area contributed by atoms with E-state index in [4.69, 9.17) is 15.8 Å². The summed E-state index contributed by atoms with van der Waals surface area (Å²) in [4.78, 5) is 3.91. The van der Waals surface area contributed by atoms with Gasteiger partial charge in [0, 0.05) is 19.3 Å². The maximum absolute atomic E-state index is 12.4. The van der Waals surface area contributed by atoms with Gasteiger partial charge in [-0.2, -0.15) is 17.8 Å². The van der Waals surface area contributed by atoms with Gasteiger partial charge in [0.15, 0.2) is 5.96 Å². The minimum atomic E-state index is -3.89. The van der Waals surface area contributed by atoms with Gasteiger partial charge in [-0.15, -0.1) is 0 Å². The van der Waals surface area contributed by atoms with Gasteiger partial charge >= 0.3 is 10.1 Å². The Labute approximate surface area is 134 Å². The summed E-state index contributed by atoms with van der Waals surface area (Å²) in [5.74, 6) is 0.163. The van der Waals surface area contributed by atoms with E-state index >= 15 is 0 Å². The molecule has 0 spiro atoms. The highest BCUT2D eigenvalue weighted by Gasteiger charge is 2.29. The summed E-state index contributed by atoms with van der Waals surface area (Å²) < 4.78 is 30.0. The van der Waals surface area contributed by atoms with Gasteiger partial charge in [0.1, 0.15) is 5.66 Å². The second kappa shape index (κ2) is 5.93. The van der Waals surface area contributed by atoms with Crippen LogP contribution in [-0.2, 0) is 20.1 Å². The number of nitrogens with two attached hydrogens (primary N) is 2. The first-order chi connectivity index (χ1) is 10.9. The molecule has 0 aliphatic carbocycles. The molecular formula is C14H19N5O3S. The predicted octanol–water partition coefficient (Wildman–Crippen LogP) is -0.0542. The third-order valence-electron chi connectivity index (χ3n) is 3.75. The van der Waals surface area contributed by atoms with Crippen LogP contribution in [0.1, 0.15) is 18.4 Å². The van der Waals surface area contributed by atoms with E-state index in [0.717, 1.165) is 12.8 Å². The van der Waals surface area contributed by atoms with Crippen molar-refractivity contribution in [2.24, 2.45) is 16.5 Å². The summed E-state index contributed by atoms with van der Waals surface area (Å²) in [7, 11) is -3.89. The van der Waals surface area contributed by atoms with Crippen LogP contribution in [0.15, 0.2) is 46.4 Å². The first-order valence-electron chi connectivity index (χ1n) is 7.27. The van der Waals surface area contributed by atoms with Gasteiger partial charge in [-0.1, -0.05) is 12.1 Å². The van der Waals surface area contributed by atoms with E-state index in [9.17, 15) is 8.42 Å². The van der Waals surface area contributed by atoms with Gasteiger partial charge in [-0.05, 0) is 36.6 Å². The highest BCUT2D eigenvalue weighted by molar-refractivity contribution is 7.86. The summed E-state index contributed by atoms with van der Waals surface area (Å²) >= 11 is 0. The smallest absolute Gasteiger partial charge is 0.313 e. The lowest BCUT2D eigenvalue weighted by Gasteiger charge is -2.30. The zero-order valence-electron chi connectivity index (χ0n) is 12.5. The quantitative estimate of drug-likeness (QED) is 0.703. The topological polar surface area (TPSA) is 123 Å². The molecule has 1 aromatic carbocycles. The molecule has 0 radical (unpaired) electrons. The molecule has 0 saturated carbocycles. The number of nitrogens with one attached hydrogen (secondary N) is 1. The molecule has 3 rings (SSSR count). The summed E-state index contributed by atoms with van der Waals surface area (Å²) in [6, 6.07) is 6.27. The zero-order valence-corrected chi connectivity index (χ0v) is 13.3. The molecule has 2 heterocycles. The van der Waals surface area contributed by atoms with E-state index in [2.05, 4.69) is 10.3 Å². The van der Waals surface area contributed by atoms with Crippen LogP contribution in [0.25, 0.3) is 0 Å². The lowest BCUT2D eigenvalue weighted by atomic mass is 10.00. The van der Waals surface area contributed by atoms with Gasteiger partial charge in [-0.3, -0.25) is 0 Å². The molecule has 0 aromatic heterocycles. The Bertz CT molecular complexity index is 755. The molecule has 1 aromatic rings. The van der Waals surface area contributed by atoms with E-state index in [1.165, 1.54) is 23.4 Å². The van der Waals surface area contributed by atoms with Crippen LogP contribution in [0, 0.1) is 0 Å². The average molecular weight is 337 g/mol. The van der Waals surface area contributed by atoms with E-state index in [-0.39, 0.29) is 10.9 Å². The standard InChI is InChI=1S/C14H19N5O3S/c15-13-17-7-6-14(16,18-13)11-4-3-5-12(10-11)23(20,21)22-19-8-1-2-9-19/h3-7,10H,1-2,8-9,16H2,(H3,15,17,18). The van der Waals surface area contributed by atoms with Gasteiger partial charge in [-0.25, -0.2) is 4.99 Å². The first kappa shape index (κ1) is 15.9. The van der Waals surface area contributed by atoms with Crippen molar-refractivity contribution < 1.29 is 12.7 Å². The Morgan fingerprint density at radius 2 is 2.04 bits per heavy atom. The predicted molar refractivity (Wildman–Crippen MR) is 85.3 cm³/mol. The van der Waals surface area contributed by atoms with Crippen molar-refractivity contribution in [2.45, 2.75) is 23.4 Å². The van der Waals surface area contributed by atoms with Crippen molar-refractivity contribution in [3.8, 4) is 0 Å². The third kappa shape index (κ3) is 3.37. The lowest BCUT2D eigenvalue weighted by Crippen LogP contribution is -2.55. The molecule has 2 aliphatic heterocycles. The number of aliphatic imine (C=N–C) groups is 1. The SMILES string of the molecule is NC1=NC=CC(N)(c2cccc(S(=O)(=O)ON3CCCC3)c2)N1. The van der Waals surface area contributed by atoms with Crippen LogP contribution in [0.5, 0.6) is 0 Å². The van der Waals surface area contributed by atoms with Crippen molar-refractivity contribution >= 4 is 16.1 Å². The second-order valence-corrected chi connectivity index (χ2v) is 7.05. The fraction of sp³-hybridized carbons (Fsp3) is 0.357. The van der Waals surface area contributed by atoms with E-state index < -0.39 is 15.8 Å². The monoisotopic (exact) mass is 337 g/mol. The Morgan fingerprint density at radius 1 is 1.30 bits per heavy atom. The average Bonchev–Trinajstić information content (AvgIpc) is 2.99. The molecule has 0 amide bonds. The van der Waals surface area contributed by atoms with Gasteiger partial charge in [0.05, 0.1) is 4.90 Å². The fourth-order valence-electron chi connectivity index (χ4n) is 2.54. The van der Waals surface area contributed by atoms with Crippen LogP contribution in [0.3, 0.4) is 0 Å². The number of nitrogens with zero attached hydrogens (tertiary/aromatic N) is 2. The maximum Gasteiger partial charge on any atom is 0.313 e. The summed E-state index contributed by atoms with van der Waals surface area (Å²) in [5, 5.41) is 4.30. The zero-order chi connectivity index (χ0) is 16.5. The van der Waals surface area contributed by atoms with Crippen LogP contribution in [-0.4, -0.2) is 32.5 Å². The minimum Gasteiger partial charge on any atom is -0.370 e. The molecule has 8 nitrogen and oxygen atoms in total. The number of benzene rings is 1. The Kier molecular flexibility index (Phi) is 4.11. The molecule has 1 saturated heterocycles. The summed E-state index contributed by atoms with van der Waals surface area (Å²) in [6.45, 7) is 1.22. The first-order valence-corrected chi connectivity index (χ1v) is 8.68. The summed E-state index contributed by atoms with van der Waals surface area (Å²) in [5.41, 5.74) is 11.3. The highest BCUT2D eigenvalue weighted by atomic mass is 32.2. The van der Waals surface area contributed by atoms with Crippen molar-refractivity contribution in [1.82, 2.24) is 10.4 Å². The molecule has 124 valence electrons. The van der Waals surface area contributed by atoms with Gasteiger partial charge < -0.3 is 16.8 Å². The number of guanidine groups is 1. The van der Waals surface area contributed by atoms with Crippen molar-refractivity contribution in [1.29, 1.82) is 0 Å². The summed E-state index contributed by atoms with van der Waals surface area (Å²) in [6.07, 6.45) is 4.94. The molecular weight excluding hydrogens is 318 g/mol. The largest absolute Gasteiger partial charge is 0.370 e. The minimum absolute atomic E-state index is 0.0445. The van der Waals surface area contributed by atoms with Gasteiger partial charge in [0.2, 0.25) is 0 Å². The Morgan fingerprint density at radius 3 is 2.74 bits per heavy atom.